The SMILES string of the molecule is CCOC(=O)NC(=N[C@H]1CC(C(=O)OCC)=C[C@@H](OC(C(C)O)C(C)O)[C@@H]1NC(C)=O)NC(=O)OC(C)(C)C. The number of amides is 3. The summed E-state index contributed by atoms with van der Waals surface area (Å²) >= 11 is 0. The second-order valence-electron chi connectivity index (χ2n) is 9.91. The van der Waals surface area contributed by atoms with Crippen molar-refractivity contribution >= 4 is 30.0 Å². The van der Waals surface area contributed by atoms with E-state index in [4.69, 9.17) is 18.9 Å². The first kappa shape index (κ1) is 33.8. The number of nitrogens with zero attached hydrogens (tertiary/aromatic N) is 1. The molecule has 0 bridgehead atoms. The normalized spacial score (nSPS) is 21.9. The third-order valence-corrected chi connectivity index (χ3v) is 5.15. The second kappa shape index (κ2) is 15.4. The Labute approximate surface area is 228 Å². The van der Waals surface area contributed by atoms with Gasteiger partial charge in [0.15, 0.2) is 0 Å². The predicted octanol–water partition coefficient (Wildman–Crippen LogP) is 0.895. The first-order valence-electron chi connectivity index (χ1n) is 12.8. The van der Waals surface area contributed by atoms with Gasteiger partial charge in [-0.3, -0.25) is 15.4 Å². The maximum absolute atomic E-state index is 12.7. The molecule has 222 valence electrons. The summed E-state index contributed by atoms with van der Waals surface area (Å²) in [4.78, 5) is 54.0. The van der Waals surface area contributed by atoms with Crippen molar-refractivity contribution < 1.29 is 48.3 Å². The van der Waals surface area contributed by atoms with Crippen LogP contribution in [0.1, 0.15) is 61.8 Å². The van der Waals surface area contributed by atoms with Crippen LogP contribution in [0.4, 0.5) is 9.59 Å². The number of aliphatic hydroxyl groups excluding tert-OH is 2. The molecule has 39 heavy (non-hydrogen) atoms. The molecule has 1 aliphatic carbocycles. The quantitative estimate of drug-likeness (QED) is 0.117. The number of aliphatic imine (C=N–C) groups is 1. The summed E-state index contributed by atoms with van der Waals surface area (Å²) in [5.41, 5.74) is -0.724. The molecule has 0 saturated carbocycles. The van der Waals surface area contributed by atoms with Crippen LogP contribution in [-0.4, -0.2) is 95.5 Å². The van der Waals surface area contributed by atoms with Crippen LogP contribution in [0.15, 0.2) is 16.6 Å². The molecule has 0 aromatic rings. The van der Waals surface area contributed by atoms with E-state index in [9.17, 15) is 29.4 Å². The van der Waals surface area contributed by atoms with Crippen LogP contribution in [0.3, 0.4) is 0 Å². The zero-order valence-electron chi connectivity index (χ0n) is 23.8. The number of nitrogens with one attached hydrogen (secondary N) is 3. The Balaban J connectivity index is 3.60. The number of alkyl carbamates (subject to hydrolysis) is 2. The zero-order chi connectivity index (χ0) is 29.9. The van der Waals surface area contributed by atoms with Crippen molar-refractivity contribution in [2.24, 2.45) is 4.99 Å². The average Bonchev–Trinajstić information content (AvgIpc) is 2.77. The van der Waals surface area contributed by atoms with Gasteiger partial charge in [0.2, 0.25) is 11.9 Å². The summed E-state index contributed by atoms with van der Waals surface area (Å²) in [6, 6.07) is -1.96. The van der Waals surface area contributed by atoms with Crippen molar-refractivity contribution in [3.05, 3.63) is 11.6 Å². The van der Waals surface area contributed by atoms with Gasteiger partial charge in [0.05, 0.1) is 43.6 Å². The number of esters is 1. The van der Waals surface area contributed by atoms with Crippen LogP contribution in [-0.2, 0) is 28.5 Å². The van der Waals surface area contributed by atoms with Crippen molar-refractivity contribution in [1.29, 1.82) is 0 Å². The molecule has 0 radical (unpaired) electrons. The Hall–Kier alpha value is -3.23. The van der Waals surface area contributed by atoms with E-state index < -0.39 is 66.2 Å². The lowest BCUT2D eigenvalue weighted by atomic mass is 9.87. The van der Waals surface area contributed by atoms with Gasteiger partial charge in [-0.25, -0.2) is 19.4 Å². The Bertz CT molecular complexity index is 918. The summed E-state index contributed by atoms with van der Waals surface area (Å²) in [5.74, 6) is -1.50. The number of rotatable bonds is 9. The van der Waals surface area contributed by atoms with E-state index in [1.807, 2.05) is 0 Å². The van der Waals surface area contributed by atoms with Gasteiger partial charge in [-0.05, 0) is 54.5 Å². The van der Waals surface area contributed by atoms with Crippen molar-refractivity contribution in [1.82, 2.24) is 16.0 Å². The third kappa shape index (κ3) is 12.0. The zero-order valence-corrected chi connectivity index (χ0v) is 23.8. The van der Waals surface area contributed by atoms with Crippen LogP contribution >= 0.6 is 0 Å². The molecule has 0 saturated heterocycles. The number of carbonyl (C=O) groups is 4. The van der Waals surface area contributed by atoms with Crippen LogP contribution in [0, 0.1) is 0 Å². The highest BCUT2D eigenvalue weighted by molar-refractivity contribution is 6.01. The molecule has 0 aromatic heterocycles. The van der Waals surface area contributed by atoms with E-state index in [0.29, 0.717) is 0 Å². The van der Waals surface area contributed by atoms with Crippen molar-refractivity contribution in [2.75, 3.05) is 13.2 Å². The molecule has 5 N–H and O–H groups in total. The molecule has 14 nitrogen and oxygen atoms in total. The van der Waals surface area contributed by atoms with Gasteiger partial charge < -0.3 is 34.5 Å². The number of hydrogen-bond donors (Lipinski definition) is 5. The lowest BCUT2D eigenvalue weighted by Crippen LogP contribution is -2.56. The van der Waals surface area contributed by atoms with E-state index in [0.717, 1.165) is 0 Å². The molecule has 5 atom stereocenters. The lowest BCUT2D eigenvalue weighted by Gasteiger charge is -2.38. The first-order chi connectivity index (χ1) is 18.1. The number of ether oxygens (including phenoxy) is 4. The van der Waals surface area contributed by atoms with E-state index in [1.54, 1.807) is 34.6 Å². The fraction of sp³-hybridized carbons (Fsp3) is 0.720. The fourth-order valence-electron chi connectivity index (χ4n) is 3.72. The smallest absolute Gasteiger partial charge is 0.414 e. The molecule has 0 fully saturated rings. The van der Waals surface area contributed by atoms with E-state index in [2.05, 4.69) is 20.9 Å². The first-order valence-corrected chi connectivity index (χ1v) is 12.8. The summed E-state index contributed by atoms with van der Waals surface area (Å²) in [6.45, 7) is 12.4. The molecule has 0 spiro atoms. The van der Waals surface area contributed by atoms with Crippen molar-refractivity contribution in [3.8, 4) is 0 Å². The highest BCUT2D eigenvalue weighted by Crippen LogP contribution is 2.27. The van der Waals surface area contributed by atoms with Crippen LogP contribution in [0.5, 0.6) is 0 Å². The number of hydrogen-bond acceptors (Lipinski definition) is 11. The van der Waals surface area contributed by atoms with Crippen LogP contribution in [0.2, 0.25) is 0 Å². The van der Waals surface area contributed by atoms with Gasteiger partial charge in [0.25, 0.3) is 0 Å². The van der Waals surface area contributed by atoms with Gasteiger partial charge in [-0.1, -0.05) is 0 Å². The van der Waals surface area contributed by atoms with E-state index in [1.165, 1.54) is 26.8 Å². The summed E-state index contributed by atoms with van der Waals surface area (Å²) in [7, 11) is 0. The Morgan fingerprint density at radius 2 is 1.59 bits per heavy atom. The molecule has 3 amide bonds. The monoisotopic (exact) mass is 558 g/mol. The topological polar surface area (TPSA) is 194 Å². The summed E-state index contributed by atoms with van der Waals surface area (Å²) in [5, 5.41) is 27.7. The molecule has 0 heterocycles. The van der Waals surface area contributed by atoms with Gasteiger partial charge in [0.1, 0.15) is 11.7 Å². The molecular formula is C25H42N4O10. The molecule has 1 aliphatic rings. The maximum Gasteiger partial charge on any atom is 0.414 e. The molecule has 0 aromatic carbocycles. The molecule has 0 aliphatic heterocycles. The molecule has 1 rings (SSSR count). The molecular weight excluding hydrogens is 516 g/mol. The summed E-state index contributed by atoms with van der Waals surface area (Å²) in [6.07, 6.45) is -4.88. The van der Waals surface area contributed by atoms with Crippen molar-refractivity contribution in [2.45, 2.75) is 104 Å². The van der Waals surface area contributed by atoms with Gasteiger partial charge in [0, 0.05) is 18.9 Å². The minimum atomic E-state index is -1.11. The third-order valence-electron chi connectivity index (χ3n) is 5.15. The van der Waals surface area contributed by atoms with Gasteiger partial charge in [-0.2, -0.15) is 0 Å². The van der Waals surface area contributed by atoms with E-state index in [-0.39, 0.29) is 31.2 Å². The molecule has 14 heteroatoms. The van der Waals surface area contributed by atoms with Gasteiger partial charge >= 0.3 is 18.2 Å². The molecule has 2 unspecified atom stereocenters. The number of carbonyl (C=O) groups excluding carboxylic acids is 4. The largest absolute Gasteiger partial charge is 0.463 e. The second-order valence-corrected chi connectivity index (χ2v) is 9.91. The Morgan fingerprint density at radius 1 is 1.03 bits per heavy atom. The minimum absolute atomic E-state index is 0.0369. The fourth-order valence-corrected chi connectivity index (χ4v) is 3.72. The Kier molecular flexibility index (Phi) is 13.3. The van der Waals surface area contributed by atoms with Gasteiger partial charge in [-0.15, -0.1) is 0 Å². The number of aliphatic hydroxyl groups is 2. The maximum atomic E-state index is 12.7. The minimum Gasteiger partial charge on any atom is -0.463 e. The standard InChI is InChI=1S/C25H42N4O10/c1-9-36-21(33)16-11-17(19(26-15(5)32)18(12-16)38-20(13(3)30)14(4)31)27-22(28-23(34)37-10-2)29-24(35)39-25(6,7)8/h12-14,17-20,30-31H,9-11H2,1-8H3,(H,26,32)(H2,27,28,29,34,35)/t13?,14?,17-,18+,19+,20?/m0/s1. The van der Waals surface area contributed by atoms with Crippen LogP contribution in [0.25, 0.3) is 0 Å². The predicted molar refractivity (Wildman–Crippen MR) is 140 cm³/mol. The lowest BCUT2D eigenvalue weighted by molar-refractivity contribution is -0.140. The number of guanidine groups is 1. The van der Waals surface area contributed by atoms with E-state index >= 15 is 0 Å². The van der Waals surface area contributed by atoms with Crippen LogP contribution < -0.4 is 16.0 Å². The highest BCUT2D eigenvalue weighted by Gasteiger charge is 2.40. The Morgan fingerprint density at radius 3 is 2.08 bits per heavy atom. The highest BCUT2D eigenvalue weighted by atomic mass is 16.6. The average molecular weight is 559 g/mol. The summed E-state index contributed by atoms with van der Waals surface area (Å²) < 4.78 is 21.3. The van der Waals surface area contributed by atoms with Crippen molar-refractivity contribution in [3.63, 3.8) is 0 Å².